The maximum Gasteiger partial charge on any atom is 0.334 e. The van der Waals surface area contributed by atoms with Crippen LogP contribution < -0.4 is 0 Å². The van der Waals surface area contributed by atoms with E-state index in [1.807, 2.05) is 19.2 Å². The molecule has 1 atom stereocenters. The number of aliphatic carboxylic acids is 1. The molecule has 0 radical (unpaired) electrons. The van der Waals surface area contributed by atoms with Crippen molar-refractivity contribution in [3.63, 3.8) is 0 Å². The molecule has 0 amide bonds. The van der Waals surface area contributed by atoms with Crippen LogP contribution in [0.2, 0.25) is 0 Å². The van der Waals surface area contributed by atoms with E-state index >= 15 is 0 Å². The lowest BCUT2D eigenvalue weighted by atomic mass is 9.90. The van der Waals surface area contributed by atoms with Crippen molar-refractivity contribution in [2.24, 2.45) is 0 Å². The van der Waals surface area contributed by atoms with Gasteiger partial charge in [0.1, 0.15) is 0 Å². The average Bonchev–Trinajstić information content (AvgIpc) is 2.62. The molecule has 0 saturated heterocycles. The van der Waals surface area contributed by atoms with Crippen LogP contribution in [-0.2, 0) is 4.79 Å². The minimum absolute atomic E-state index is 0.211. The van der Waals surface area contributed by atoms with Crippen molar-refractivity contribution in [1.29, 1.82) is 0 Å². The highest BCUT2D eigenvalue weighted by atomic mass is 16.4. The third kappa shape index (κ3) is 3.24. The molecule has 0 spiro atoms. The fourth-order valence-electron chi connectivity index (χ4n) is 3.44. The Kier molecular flexibility index (Phi) is 4.65. The van der Waals surface area contributed by atoms with Gasteiger partial charge < -0.3 is 10.0 Å². The fourth-order valence-corrected chi connectivity index (χ4v) is 3.44. The molecule has 1 N–H and O–H groups in total. The quantitative estimate of drug-likeness (QED) is 0.887. The van der Waals surface area contributed by atoms with Gasteiger partial charge in [-0.25, -0.2) is 4.79 Å². The Bertz CT molecular complexity index is 667. The Balaban J connectivity index is 1.90. The molecule has 0 saturated carbocycles. The van der Waals surface area contributed by atoms with Crippen molar-refractivity contribution in [3.8, 4) is 0 Å². The molecule has 23 heavy (non-hydrogen) atoms. The predicted molar refractivity (Wildman–Crippen MR) is 92.9 cm³/mol. The average molecular weight is 309 g/mol. The maximum atomic E-state index is 11.6. The molecule has 0 bridgehead atoms. The molecule has 1 aromatic rings. The normalized spacial score (nSPS) is 20.9. The number of carbonyl (C=O) groups is 1. The summed E-state index contributed by atoms with van der Waals surface area (Å²) in [7, 11) is 0. The second-order valence-electron chi connectivity index (χ2n) is 6.10. The lowest BCUT2D eigenvalue weighted by Gasteiger charge is -2.32. The number of likely N-dealkylation sites (N-methyl/N-ethyl adjacent to an activating group) is 1. The van der Waals surface area contributed by atoms with Crippen LogP contribution in [0, 0.1) is 0 Å². The molecule has 0 fully saturated rings. The zero-order valence-corrected chi connectivity index (χ0v) is 13.5. The standard InChI is InChI=1S/C20H23NO2/c1-2-21-14-6-9-18(20(22)23)19(21)17-12-10-16(11-13-17)15-7-4-3-5-8-15/h6-7,9-14,19H,2-5,8H2,1H3,(H,22,23). The van der Waals surface area contributed by atoms with Gasteiger partial charge in [-0.1, -0.05) is 30.3 Å². The number of benzene rings is 1. The second-order valence-corrected chi connectivity index (χ2v) is 6.10. The predicted octanol–water partition coefficient (Wildman–Crippen LogP) is 4.55. The van der Waals surface area contributed by atoms with Gasteiger partial charge in [0.2, 0.25) is 0 Å². The van der Waals surface area contributed by atoms with Crippen LogP contribution in [0.5, 0.6) is 0 Å². The smallest absolute Gasteiger partial charge is 0.334 e. The van der Waals surface area contributed by atoms with E-state index in [-0.39, 0.29) is 6.04 Å². The van der Waals surface area contributed by atoms with Crippen molar-refractivity contribution in [1.82, 2.24) is 4.90 Å². The first-order chi connectivity index (χ1) is 11.2. The van der Waals surface area contributed by atoms with Gasteiger partial charge in [-0.2, -0.15) is 0 Å². The second kappa shape index (κ2) is 6.86. The van der Waals surface area contributed by atoms with Gasteiger partial charge in [-0.3, -0.25) is 0 Å². The zero-order chi connectivity index (χ0) is 16.2. The minimum Gasteiger partial charge on any atom is -0.478 e. The SMILES string of the molecule is CCN1C=CC=C(C(=O)O)C1c1ccc(C2=CCCCC2)cc1. The molecule has 1 aliphatic carbocycles. The van der Waals surface area contributed by atoms with Gasteiger partial charge >= 0.3 is 5.97 Å². The van der Waals surface area contributed by atoms with E-state index in [2.05, 4.69) is 35.2 Å². The summed E-state index contributed by atoms with van der Waals surface area (Å²) in [5.74, 6) is -0.850. The van der Waals surface area contributed by atoms with Crippen molar-refractivity contribution in [3.05, 3.63) is 65.4 Å². The van der Waals surface area contributed by atoms with E-state index < -0.39 is 5.97 Å². The summed E-state index contributed by atoms with van der Waals surface area (Å²) in [4.78, 5) is 13.6. The van der Waals surface area contributed by atoms with Crippen molar-refractivity contribution in [2.45, 2.75) is 38.6 Å². The van der Waals surface area contributed by atoms with Crippen LogP contribution in [0.15, 0.2) is 54.3 Å². The third-order valence-corrected chi connectivity index (χ3v) is 4.68. The number of hydrogen-bond donors (Lipinski definition) is 1. The summed E-state index contributed by atoms with van der Waals surface area (Å²) in [6, 6.07) is 8.22. The van der Waals surface area contributed by atoms with Crippen LogP contribution >= 0.6 is 0 Å². The van der Waals surface area contributed by atoms with E-state index in [0.717, 1.165) is 18.5 Å². The van der Waals surface area contributed by atoms with Gasteiger partial charge in [0.25, 0.3) is 0 Å². The summed E-state index contributed by atoms with van der Waals surface area (Å²) < 4.78 is 0. The lowest BCUT2D eigenvalue weighted by Crippen LogP contribution is -2.29. The van der Waals surface area contributed by atoms with Crippen LogP contribution in [0.4, 0.5) is 0 Å². The summed E-state index contributed by atoms with van der Waals surface area (Å²) in [6.07, 6.45) is 12.7. The van der Waals surface area contributed by atoms with E-state index in [0.29, 0.717) is 5.57 Å². The number of hydrogen-bond acceptors (Lipinski definition) is 2. The third-order valence-electron chi connectivity index (χ3n) is 4.68. The fraction of sp³-hybridized carbons (Fsp3) is 0.350. The molecule has 120 valence electrons. The molecule has 0 aromatic heterocycles. The van der Waals surface area contributed by atoms with Crippen LogP contribution in [0.25, 0.3) is 5.57 Å². The van der Waals surface area contributed by atoms with E-state index in [9.17, 15) is 9.90 Å². The van der Waals surface area contributed by atoms with Crippen molar-refractivity contribution >= 4 is 11.5 Å². The van der Waals surface area contributed by atoms with Crippen LogP contribution in [-0.4, -0.2) is 22.5 Å². The molecule has 1 heterocycles. The Morgan fingerprint density at radius 3 is 2.65 bits per heavy atom. The Morgan fingerprint density at radius 2 is 2.04 bits per heavy atom. The highest BCUT2D eigenvalue weighted by Crippen LogP contribution is 2.33. The summed E-state index contributed by atoms with van der Waals surface area (Å²) in [5, 5.41) is 9.50. The molecule has 3 rings (SSSR count). The first-order valence-corrected chi connectivity index (χ1v) is 8.37. The number of nitrogens with zero attached hydrogens (tertiary/aromatic N) is 1. The Hall–Kier alpha value is -2.29. The van der Waals surface area contributed by atoms with Crippen LogP contribution in [0.3, 0.4) is 0 Å². The highest BCUT2D eigenvalue weighted by molar-refractivity contribution is 5.89. The molecular weight excluding hydrogens is 286 g/mol. The lowest BCUT2D eigenvalue weighted by molar-refractivity contribution is -0.133. The van der Waals surface area contributed by atoms with Gasteiger partial charge in [0.05, 0.1) is 11.6 Å². The molecular formula is C20H23NO2. The van der Waals surface area contributed by atoms with Crippen LogP contribution in [0.1, 0.15) is 49.8 Å². The molecule has 1 unspecified atom stereocenters. The van der Waals surface area contributed by atoms with Crippen molar-refractivity contribution in [2.75, 3.05) is 6.54 Å². The Morgan fingerprint density at radius 1 is 1.26 bits per heavy atom. The van der Waals surface area contributed by atoms with E-state index in [1.54, 1.807) is 6.08 Å². The van der Waals surface area contributed by atoms with Gasteiger partial charge in [0.15, 0.2) is 0 Å². The number of carboxylic acids is 1. The number of carboxylic acid groups (broad SMARTS) is 1. The zero-order valence-electron chi connectivity index (χ0n) is 13.5. The van der Waals surface area contributed by atoms with Gasteiger partial charge in [0, 0.05) is 6.54 Å². The molecule has 3 nitrogen and oxygen atoms in total. The number of allylic oxidation sites excluding steroid dienone is 4. The number of rotatable bonds is 4. The first kappa shape index (κ1) is 15.6. The molecule has 3 heteroatoms. The van der Waals surface area contributed by atoms with Crippen molar-refractivity contribution < 1.29 is 9.90 Å². The van der Waals surface area contributed by atoms with E-state index in [1.165, 1.54) is 30.4 Å². The summed E-state index contributed by atoms with van der Waals surface area (Å²) >= 11 is 0. The molecule has 2 aliphatic rings. The highest BCUT2D eigenvalue weighted by Gasteiger charge is 2.27. The van der Waals surface area contributed by atoms with Gasteiger partial charge in [-0.15, -0.1) is 0 Å². The first-order valence-electron chi connectivity index (χ1n) is 8.37. The minimum atomic E-state index is -0.850. The summed E-state index contributed by atoms with van der Waals surface area (Å²) in [6.45, 7) is 2.82. The Labute approximate surface area is 137 Å². The maximum absolute atomic E-state index is 11.6. The molecule has 1 aromatic carbocycles. The topological polar surface area (TPSA) is 40.5 Å². The van der Waals surface area contributed by atoms with E-state index in [4.69, 9.17) is 0 Å². The monoisotopic (exact) mass is 309 g/mol. The molecule has 1 aliphatic heterocycles. The largest absolute Gasteiger partial charge is 0.478 e. The van der Waals surface area contributed by atoms with Gasteiger partial charge in [-0.05, 0) is 67.7 Å². The summed E-state index contributed by atoms with van der Waals surface area (Å²) in [5.41, 5.74) is 4.15.